The Bertz CT molecular complexity index is 211. The van der Waals surface area contributed by atoms with Crippen LogP contribution in [0.2, 0.25) is 0 Å². The lowest BCUT2D eigenvalue weighted by Gasteiger charge is -2.00. The van der Waals surface area contributed by atoms with Crippen LogP contribution in [0, 0.1) is 0 Å². The second-order valence-electron chi connectivity index (χ2n) is 2.88. The Kier molecular flexibility index (Phi) is 6.03. The third-order valence-corrected chi connectivity index (χ3v) is 1.91. The van der Waals surface area contributed by atoms with Crippen molar-refractivity contribution in [2.24, 2.45) is 0 Å². The molecular formula is C12H21N. The van der Waals surface area contributed by atoms with Crippen LogP contribution in [0.1, 0.15) is 34.1 Å². The third kappa shape index (κ3) is 3.49. The fraction of sp³-hybridized carbons (Fsp3) is 0.500. The molecule has 1 N–H and O–H groups in total. The van der Waals surface area contributed by atoms with Crippen molar-refractivity contribution < 1.29 is 0 Å². The van der Waals surface area contributed by atoms with Crippen LogP contribution in [-0.4, -0.2) is 6.04 Å². The largest absolute Gasteiger partial charge is 0.382 e. The first-order chi connectivity index (χ1) is 6.27. The highest BCUT2D eigenvalue weighted by Gasteiger charge is 2.17. The molecule has 1 atom stereocenters. The van der Waals surface area contributed by atoms with Gasteiger partial charge in [-0.15, -0.1) is 0 Å². The minimum Gasteiger partial charge on any atom is -0.382 e. The monoisotopic (exact) mass is 179 g/mol. The van der Waals surface area contributed by atoms with E-state index < -0.39 is 0 Å². The average molecular weight is 179 g/mol. The van der Waals surface area contributed by atoms with Crippen molar-refractivity contribution in [2.75, 3.05) is 0 Å². The first-order valence-electron chi connectivity index (χ1n) is 5.02. The van der Waals surface area contributed by atoms with Crippen LogP contribution in [-0.2, 0) is 0 Å². The van der Waals surface area contributed by atoms with E-state index in [9.17, 15) is 0 Å². The molecule has 0 spiro atoms. The van der Waals surface area contributed by atoms with Gasteiger partial charge in [-0.3, -0.25) is 0 Å². The second kappa shape index (κ2) is 6.53. The van der Waals surface area contributed by atoms with Crippen LogP contribution >= 0.6 is 0 Å². The molecule has 1 unspecified atom stereocenters. The maximum absolute atomic E-state index is 3.67. The summed E-state index contributed by atoms with van der Waals surface area (Å²) >= 11 is 0. The highest BCUT2D eigenvalue weighted by Crippen LogP contribution is 2.21. The summed E-state index contributed by atoms with van der Waals surface area (Å²) < 4.78 is 0. The summed E-state index contributed by atoms with van der Waals surface area (Å²) in [6.45, 7) is 11.9. The minimum atomic E-state index is 0.576. The molecular weight excluding hydrogens is 158 g/mol. The van der Waals surface area contributed by atoms with E-state index >= 15 is 0 Å². The molecule has 0 saturated carbocycles. The van der Waals surface area contributed by atoms with Crippen molar-refractivity contribution in [2.45, 2.75) is 40.2 Å². The molecule has 1 rings (SSSR count). The average Bonchev–Trinajstić information content (AvgIpc) is 2.50. The molecule has 1 nitrogen and oxygen atoms in total. The Morgan fingerprint density at radius 1 is 1.46 bits per heavy atom. The Morgan fingerprint density at radius 2 is 2.08 bits per heavy atom. The summed E-state index contributed by atoms with van der Waals surface area (Å²) in [4.78, 5) is 0. The summed E-state index contributed by atoms with van der Waals surface area (Å²) in [7, 11) is 0. The summed E-state index contributed by atoms with van der Waals surface area (Å²) in [6, 6.07) is 0.576. The van der Waals surface area contributed by atoms with Crippen LogP contribution in [0.5, 0.6) is 0 Å². The van der Waals surface area contributed by atoms with Gasteiger partial charge in [-0.1, -0.05) is 32.6 Å². The van der Waals surface area contributed by atoms with E-state index in [2.05, 4.69) is 31.8 Å². The molecule has 1 heterocycles. The van der Waals surface area contributed by atoms with Gasteiger partial charge >= 0.3 is 0 Å². The van der Waals surface area contributed by atoms with Crippen LogP contribution in [0.3, 0.4) is 0 Å². The zero-order valence-corrected chi connectivity index (χ0v) is 9.22. The molecule has 0 amide bonds. The molecule has 1 saturated heterocycles. The Morgan fingerprint density at radius 3 is 2.54 bits per heavy atom. The van der Waals surface area contributed by atoms with Crippen molar-refractivity contribution >= 4 is 0 Å². The van der Waals surface area contributed by atoms with Crippen LogP contribution < -0.4 is 5.32 Å². The quantitative estimate of drug-likeness (QED) is 0.650. The number of rotatable bonds is 1. The molecule has 13 heavy (non-hydrogen) atoms. The number of hydrogen-bond donors (Lipinski definition) is 1. The van der Waals surface area contributed by atoms with Gasteiger partial charge in [-0.05, 0) is 31.9 Å². The first kappa shape index (κ1) is 12.0. The molecule has 0 aromatic heterocycles. The van der Waals surface area contributed by atoms with Gasteiger partial charge in [-0.2, -0.15) is 0 Å². The molecule has 1 aliphatic heterocycles. The van der Waals surface area contributed by atoms with E-state index in [0.29, 0.717) is 6.04 Å². The lowest BCUT2D eigenvalue weighted by molar-refractivity contribution is 0.692. The minimum absolute atomic E-state index is 0.576. The summed E-state index contributed by atoms with van der Waals surface area (Å²) in [5.41, 5.74) is 2.63. The lowest BCUT2D eigenvalue weighted by Crippen LogP contribution is -2.15. The van der Waals surface area contributed by atoms with E-state index in [1.54, 1.807) is 0 Å². The molecule has 0 bridgehead atoms. The molecule has 1 fully saturated rings. The van der Waals surface area contributed by atoms with Crippen LogP contribution in [0.4, 0.5) is 0 Å². The molecule has 1 aliphatic rings. The molecule has 0 aromatic carbocycles. The number of hydrogen-bond acceptors (Lipinski definition) is 1. The Hall–Kier alpha value is -0.980. The predicted octanol–water partition coefficient (Wildman–Crippen LogP) is 3.41. The van der Waals surface area contributed by atoms with Gasteiger partial charge in [0.2, 0.25) is 0 Å². The Balaban J connectivity index is 0.000000671. The van der Waals surface area contributed by atoms with Gasteiger partial charge in [0.1, 0.15) is 0 Å². The fourth-order valence-corrected chi connectivity index (χ4v) is 1.40. The molecule has 0 aliphatic carbocycles. The third-order valence-electron chi connectivity index (χ3n) is 1.91. The molecule has 1 heteroatoms. The van der Waals surface area contributed by atoms with E-state index in [-0.39, 0.29) is 0 Å². The van der Waals surface area contributed by atoms with Gasteiger partial charge in [0.25, 0.3) is 0 Å². The van der Waals surface area contributed by atoms with Crippen molar-refractivity contribution in [3.8, 4) is 0 Å². The van der Waals surface area contributed by atoms with Crippen molar-refractivity contribution in [3.63, 3.8) is 0 Å². The predicted molar refractivity (Wildman–Crippen MR) is 60.6 cm³/mol. The molecule has 74 valence electrons. The van der Waals surface area contributed by atoms with Crippen LogP contribution in [0.25, 0.3) is 0 Å². The SMILES string of the molecule is C=C/C=C1/NC(C)C/C1=C/C.CC. The van der Waals surface area contributed by atoms with Crippen molar-refractivity contribution in [1.29, 1.82) is 0 Å². The molecule has 0 aromatic rings. The van der Waals surface area contributed by atoms with Gasteiger partial charge in [0.15, 0.2) is 0 Å². The topological polar surface area (TPSA) is 12.0 Å². The summed E-state index contributed by atoms with van der Waals surface area (Å²) in [6.07, 6.45) is 7.14. The normalized spacial score (nSPS) is 26.6. The zero-order chi connectivity index (χ0) is 10.3. The summed E-state index contributed by atoms with van der Waals surface area (Å²) in [5.74, 6) is 0. The van der Waals surface area contributed by atoms with Gasteiger partial charge in [0, 0.05) is 11.7 Å². The fourth-order valence-electron chi connectivity index (χ4n) is 1.40. The summed E-state index contributed by atoms with van der Waals surface area (Å²) in [5, 5.41) is 3.38. The Labute approximate surface area is 82.2 Å². The maximum atomic E-state index is 3.67. The highest BCUT2D eigenvalue weighted by molar-refractivity contribution is 5.36. The number of allylic oxidation sites excluding steroid dienone is 4. The van der Waals surface area contributed by atoms with Crippen molar-refractivity contribution in [3.05, 3.63) is 36.1 Å². The standard InChI is InChI=1S/C10H15N.C2H6/c1-4-6-10-9(5-2)7-8(3)11-10;1-2/h4-6,8,11H,1,7H2,2-3H3;1-2H3/b9-5-,10-6+;. The smallest absolute Gasteiger partial charge is 0.0372 e. The van der Waals surface area contributed by atoms with Crippen LogP contribution in [0.15, 0.2) is 36.1 Å². The molecule has 0 radical (unpaired) electrons. The first-order valence-corrected chi connectivity index (χ1v) is 5.02. The number of nitrogens with one attached hydrogen (secondary N) is 1. The van der Waals surface area contributed by atoms with E-state index in [1.807, 2.05) is 26.0 Å². The lowest BCUT2D eigenvalue weighted by atomic mass is 10.1. The van der Waals surface area contributed by atoms with Gasteiger partial charge in [-0.25, -0.2) is 0 Å². The van der Waals surface area contributed by atoms with E-state index in [1.165, 1.54) is 11.3 Å². The van der Waals surface area contributed by atoms with Crippen molar-refractivity contribution in [1.82, 2.24) is 5.32 Å². The maximum Gasteiger partial charge on any atom is 0.0372 e. The van der Waals surface area contributed by atoms with E-state index in [4.69, 9.17) is 0 Å². The zero-order valence-electron chi connectivity index (χ0n) is 9.22. The second-order valence-corrected chi connectivity index (χ2v) is 2.88. The highest BCUT2D eigenvalue weighted by atomic mass is 15.0. The van der Waals surface area contributed by atoms with Gasteiger partial charge in [0.05, 0.1) is 0 Å². The van der Waals surface area contributed by atoms with E-state index in [0.717, 1.165) is 6.42 Å². The van der Waals surface area contributed by atoms with Gasteiger partial charge < -0.3 is 5.32 Å².